The molecule has 0 aromatic carbocycles. The summed E-state index contributed by atoms with van der Waals surface area (Å²) >= 11 is 0. The molecule has 0 spiro atoms. The lowest BCUT2D eigenvalue weighted by Gasteiger charge is -2.20. The first kappa shape index (κ1) is 24.3. The molecule has 184 valence electrons. The van der Waals surface area contributed by atoms with Crippen LogP contribution in [0.1, 0.15) is 32.4 Å². The minimum atomic E-state index is -3.78. The molecule has 4 heterocycles. The van der Waals surface area contributed by atoms with Gasteiger partial charge in [0.25, 0.3) is 5.56 Å². The van der Waals surface area contributed by atoms with Gasteiger partial charge in [0.2, 0.25) is 15.9 Å². The molecule has 0 saturated carbocycles. The van der Waals surface area contributed by atoms with E-state index in [4.69, 9.17) is 4.74 Å². The van der Waals surface area contributed by atoms with E-state index in [1.165, 1.54) is 21.3 Å². The monoisotopic (exact) mass is 489 g/mol. The average molecular weight is 490 g/mol. The van der Waals surface area contributed by atoms with Crippen molar-refractivity contribution >= 4 is 21.1 Å². The maximum atomic E-state index is 13.4. The van der Waals surface area contributed by atoms with Gasteiger partial charge in [-0.2, -0.15) is 9.40 Å². The highest BCUT2D eigenvalue weighted by Gasteiger charge is 2.28. The Bertz CT molecular complexity index is 1350. The number of rotatable bonds is 7. The summed E-state index contributed by atoms with van der Waals surface area (Å²) in [5, 5.41) is 4.45. The number of nitrogens with one attached hydrogen (secondary N) is 1. The van der Waals surface area contributed by atoms with Crippen molar-refractivity contribution in [2.24, 2.45) is 7.05 Å². The van der Waals surface area contributed by atoms with Crippen LogP contribution in [0.3, 0.4) is 0 Å². The van der Waals surface area contributed by atoms with Crippen molar-refractivity contribution in [2.75, 3.05) is 39.8 Å². The van der Waals surface area contributed by atoms with E-state index in [0.29, 0.717) is 49.3 Å². The van der Waals surface area contributed by atoms with Gasteiger partial charge in [-0.05, 0) is 39.4 Å². The second kappa shape index (κ2) is 9.80. The van der Waals surface area contributed by atoms with Crippen LogP contribution in [0.15, 0.2) is 22.0 Å². The number of aromatic amines is 1. The van der Waals surface area contributed by atoms with E-state index in [1.54, 1.807) is 7.05 Å². The number of hydrogen-bond acceptors (Lipinski definition) is 8. The van der Waals surface area contributed by atoms with Crippen LogP contribution >= 0.6 is 0 Å². The number of pyridine rings is 1. The van der Waals surface area contributed by atoms with Crippen LogP contribution < -0.4 is 10.3 Å². The van der Waals surface area contributed by atoms with Gasteiger partial charge in [0.15, 0.2) is 5.52 Å². The number of hydrogen-bond donors (Lipinski definition) is 1. The summed E-state index contributed by atoms with van der Waals surface area (Å²) in [6.45, 7) is 6.50. The highest BCUT2D eigenvalue weighted by Crippen LogP contribution is 2.30. The predicted molar refractivity (Wildman–Crippen MR) is 128 cm³/mol. The van der Waals surface area contributed by atoms with E-state index in [-0.39, 0.29) is 22.2 Å². The zero-order valence-electron chi connectivity index (χ0n) is 20.0. The smallest absolute Gasteiger partial charge is 0.277 e. The zero-order chi connectivity index (χ0) is 24.5. The van der Waals surface area contributed by atoms with Crippen LogP contribution in [0.5, 0.6) is 5.88 Å². The van der Waals surface area contributed by atoms with Crippen molar-refractivity contribution in [2.45, 2.75) is 38.0 Å². The van der Waals surface area contributed by atoms with Crippen molar-refractivity contribution in [1.29, 1.82) is 0 Å². The standard InChI is InChI=1S/C22H31N7O4S/c1-5-8-17-18-19(28(4)26-17)21(30)25-20(24-18)16-13-15(14-23-22(16)33-6-2)34(31,32)29-10-7-9-27(3)11-12-29/h13-14H,5-12H2,1-4H3,(H,24,25,30). The molecular weight excluding hydrogens is 458 g/mol. The summed E-state index contributed by atoms with van der Waals surface area (Å²) in [6, 6.07) is 1.49. The fraction of sp³-hybridized carbons (Fsp3) is 0.545. The molecular formula is C22H31N7O4S. The third kappa shape index (κ3) is 4.57. The molecule has 0 atom stereocenters. The van der Waals surface area contributed by atoms with Gasteiger partial charge in [0.05, 0.1) is 24.1 Å². The normalized spacial score (nSPS) is 16.1. The molecule has 34 heavy (non-hydrogen) atoms. The van der Waals surface area contributed by atoms with Gasteiger partial charge in [-0.15, -0.1) is 0 Å². The Labute approximate surface area is 198 Å². The van der Waals surface area contributed by atoms with Crippen LogP contribution in [0.25, 0.3) is 22.4 Å². The first-order valence-corrected chi connectivity index (χ1v) is 13.0. The van der Waals surface area contributed by atoms with Gasteiger partial charge in [-0.1, -0.05) is 13.3 Å². The molecule has 3 aromatic heterocycles. The van der Waals surface area contributed by atoms with Gasteiger partial charge in [-0.3, -0.25) is 9.48 Å². The van der Waals surface area contributed by atoms with Crippen LogP contribution in [-0.2, 0) is 23.5 Å². The summed E-state index contributed by atoms with van der Waals surface area (Å²) in [5.41, 5.74) is 1.55. The second-order valence-corrected chi connectivity index (χ2v) is 10.4. The number of ether oxygens (including phenoxy) is 1. The largest absolute Gasteiger partial charge is 0.477 e. The number of aromatic nitrogens is 5. The van der Waals surface area contributed by atoms with Gasteiger partial charge >= 0.3 is 0 Å². The zero-order valence-corrected chi connectivity index (χ0v) is 20.9. The van der Waals surface area contributed by atoms with E-state index in [9.17, 15) is 13.2 Å². The first-order valence-electron chi connectivity index (χ1n) is 11.5. The molecule has 0 bridgehead atoms. The lowest BCUT2D eigenvalue weighted by molar-refractivity contribution is 0.327. The number of fused-ring (bicyclic) bond motifs is 1. The van der Waals surface area contributed by atoms with E-state index >= 15 is 0 Å². The Balaban J connectivity index is 1.84. The molecule has 12 heteroatoms. The maximum Gasteiger partial charge on any atom is 0.277 e. The highest BCUT2D eigenvalue weighted by atomic mass is 32.2. The van der Waals surface area contributed by atoms with Gasteiger partial charge in [0.1, 0.15) is 16.2 Å². The third-order valence-electron chi connectivity index (χ3n) is 5.93. The highest BCUT2D eigenvalue weighted by molar-refractivity contribution is 7.89. The van der Waals surface area contributed by atoms with Crippen molar-refractivity contribution in [3.63, 3.8) is 0 Å². The number of likely N-dealkylation sites (N-methyl/N-ethyl adjacent to an activating group) is 1. The lowest BCUT2D eigenvalue weighted by atomic mass is 10.2. The minimum Gasteiger partial charge on any atom is -0.477 e. The Kier molecular flexibility index (Phi) is 7.01. The van der Waals surface area contributed by atoms with Gasteiger partial charge < -0.3 is 14.6 Å². The summed E-state index contributed by atoms with van der Waals surface area (Å²) < 4.78 is 35.6. The lowest BCUT2D eigenvalue weighted by Crippen LogP contribution is -2.34. The fourth-order valence-corrected chi connectivity index (χ4v) is 5.63. The molecule has 1 fully saturated rings. The Morgan fingerprint density at radius 3 is 2.68 bits per heavy atom. The number of H-pyrrole nitrogens is 1. The van der Waals surface area contributed by atoms with Crippen LogP contribution in [0.4, 0.5) is 0 Å². The minimum absolute atomic E-state index is 0.0400. The molecule has 0 amide bonds. The topological polar surface area (TPSA) is 126 Å². The van der Waals surface area contributed by atoms with E-state index < -0.39 is 10.0 Å². The SMILES string of the molecule is CCCc1nn(C)c2c(=O)[nH]c(-c3cc(S(=O)(=O)N4CCCN(C)CC4)cnc3OCC)nc12. The summed E-state index contributed by atoms with van der Waals surface area (Å²) in [7, 11) is -0.0963. The fourth-order valence-electron chi connectivity index (χ4n) is 4.19. The van der Waals surface area contributed by atoms with Crippen molar-refractivity contribution < 1.29 is 13.2 Å². The quantitative estimate of drug-likeness (QED) is 0.528. The number of aryl methyl sites for hydroxylation is 2. The molecule has 1 aliphatic rings. The molecule has 1 aliphatic heterocycles. The molecule has 3 aromatic rings. The maximum absolute atomic E-state index is 13.4. The Morgan fingerprint density at radius 1 is 1.15 bits per heavy atom. The molecule has 1 N–H and O–H groups in total. The molecule has 11 nitrogen and oxygen atoms in total. The van der Waals surface area contributed by atoms with Crippen LogP contribution in [0.2, 0.25) is 0 Å². The molecule has 4 rings (SSSR count). The van der Waals surface area contributed by atoms with E-state index in [1.807, 2.05) is 20.9 Å². The van der Waals surface area contributed by atoms with Crippen molar-refractivity contribution in [1.82, 2.24) is 33.9 Å². The average Bonchev–Trinajstić information content (AvgIpc) is 2.96. The Hall–Kier alpha value is -2.83. The predicted octanol–water partition coefficient (Wildman–Crippen LogP) is 1.40. The molecule has 0 aliphatic carbocycles. The summed E-state index contributed by atoms with van der Waals surface area (Å²) in [4.78, 5) is 26.8. The number of nitrogens with zero attached hydrogens (tertiary/aromatic N) is 6. The molecule has 0 unspecified atom stereocenters. The van der Waals surface area contributed by atoms with Gasteiger partial charge in [-0.25, -0.2) is 18.4 Å². The van der Waals surface area contributed by atoms with E-state index in [0.717, 1.165) is 25.1 Å². The van der Waals surface area contributed by atoms with Gasteiger partial charge in [0, 0.05) is 26.7 Å². The number of sulfonamides is 1. The summed E-state index contributed by atoms with van der Waals surface area (Å²) in [5.74, 6) is 0.409. The van der Waals surface area contributed by atoms with Crippen LogP contribution in [-0.4, -0.2) is 82.2 Å². The first-order chi connectivity index (χ1) is 16.3. The third-order valence-corrected chi connectivity index (χ3v) is 7.79. The summed E-state index contributed by atoms with van der Waals surface area (Å²) in [6.07, 6.45) is 3.57. The Morgan fingerprint density at radius 2 is 1.94 bits per heavy atom. The molecule has 0 radical (unpaired) electrons. The van der Waals surface area contributed by atoms with E-state index in [2.05, 4.69) is 25.0 Å². The van der Waals surface area contributed by atoms with Crippen molar-refractivity contribution in [3.8, 4) is 17.3 Å². The molecule has 1 saturated heterocycles. The van der Waals surface area contributed by atoms with Crippen molar-refractivity contribution in [3.05, 3.63) is 28.3 Å². The van der Waals surface area contributed by atoms with Crippen LogP contribution in [0, 0.1) is 0 Å². The second-order valence-electron chi connectivity index (χ2n) is 8.45.